The molecule has 1 saturated heterocycles. The van der Waals surface area contributed by atoms with Gasteiger partial charge in [-0.05, 0) is 57.1 Å². The van der Waals surface area contributed by atoms with Crippen LogP contribution >= 0.6 is 11.3 Å². The van der Waals surface area contributed by atoms with Gasteiger partial charge in [0.2, 0.25) is 0 Å². The van der Waals surface area contributed by atoms with E-state index in [2.05, 4.69) is 48.1 Å². The number of nitrogens with two attached hydrogens (primary N) is 1. The molecule has 2 heterocycles. The smallest absolute Gasteiger partial charge is 0.191 e. The molecule has 1 unspecified atom stereocenters. The van der Waals surface area contributed by atoms with Crippen LogP contribution in [0, 0.1) is 5.92 Å². The van der Waals surface area contributed by atoms with Crippen molar-refractivity contribution in [2.75, 3.05) is 32.7 Å². The molecule has 5 heteroatoms. The summed E-state index contributed by atoms with van der Waals surface area (Å²) >= 11 is 1.83. The maximum absolute atomic E-state index is 6.15. The van der Waals surface area contributed by atoms with Gasteiger partial charge >= 0.3 is 0 Å². The van der Waals surface area contributed by atoms with Gasteiger partial charge in [0.1, 0.15) is 0 Å². The fraction of sp³-hybridized carbons (Fsp3) is 0.706. The molecule has 22 heavy (non-hydrogen) atoms. The average Bonchev–Trinajstić information content (AvgIpc) is 3.04. The SMILES string of the molecule is CCN(CC)C(N)=NCC(c1cccs1)N1CCC(C)CC1. The molecule has 1 aromatic rings. The highest BCUT2D eigenvalue weighted by Gasteiger charge is 2.25. The van der Waals surface area contributed by atoms with Crippen LogP contribution in [0.25, 0.3) is 0 Å². The molecule has 4 nitrogen and oxygen atoms in total. The van der Waals surface area contributed by atoms with E-state index in [4.69, 9.17) is 10.7 Å². The third-order valence-corrected chi connectivity index (χ3v) is 5.62. The van der Waals surface area contributed by atoms with Gasteiger partial charge in [-0.25, -0.2) is 0 Å². The summed E-state index contributed by atoms with van der Waals surface area (Å²) in [6.45, 7) is 11.5. The summed E-state index contributed by atoms with van der Waals surface area (Å²) in [5, 5.41) is 2.16. The van der Waals surface area contributed by atoms with Gasteiger partial charge < -0.3 is 10.6 Å². The van der Waals surface area contributed by atoms with E-state index in [9.17, 15) is 0 Å². The Labute approximate surface area is 139 Å². The van der Waals surface area contributed by atoms with Crippen LogP contribution in [0.5, 0.6) is 0 Å². The van der Waals surface area contributed by atoms with Gasteiger partial charge in [-0.15, -0.1) is 11.3 Å². The Morgan fingerprint density at radius 2 is 2.09 bits per heavy atom. The minimum absolute atomic E-state index is 0.376. The molecule has 1 fully saturated rings. The number of nitrogens with zero attached hydrogens (tertiary/aromatic N) is 3. The van der Waals surface area contributed by atoms with E-state index in [1.807, 2.05) is 11.3 Å². The van der Waals surface area contributed by atoms with E-state index in [1.54, 1.807) is 0 Å². The fourth-order valence-electron chi connectivity index (χ4n) is 3.03. The maximum Gasteiger partial charge on any atom is 0.191 e. The lowest BCUT2D eigenvalue weighted by Gasteiger charge is -2.35. The highest BCUT2D eigenvalue weighted by atomic mass is 32.1. The number of thiophene rings is 1. The van der Waals surface area contributed by atoms with E-state index in [0.29, 0.717) is 12.0 Å². The molecule has 0 bridgehead atoms. The van der Waals surface area contributed by atoms with Crippen molar-refractivity contribution in [3.05, 3.63) is 22.4 Å². The first-order valence-electron chi connectivity index (χ1n) is 8.48. The van der Waals surface area contributed by atoms with Gasteiger partial charge in [0.05, 0.1) is 12.6 Å². The average molecular weight is 323 g/mol. The van der Waals surface area contributed by atoms with Gasteiger partial charge in [-0.2, -0.15) is 0 Å². The Hall–Kier alpha value is -1.07. The topological polar surface area (TPSA) is 44.9 Å². The maximum atomic E-state index is 6.15. The molecular weight excluding hydrogens is 292 g/mol. The molecule has 2 N–H and O–H groups in total. The monoisotopic (exact) mass is 322 g/mol. The van der Waals surface area contributed by atoms with Crippen LogP contribution in [0.15, 0.2) is 22.5 Å². The standard InChI is InChI=1S/C17H30N4S/c1-4-20(5-2)17(18)19-13-15(16-7-6-12-22-16)21-10-8-14(3)9-11-21/h6-7,12,14-15H,4-5,8-11,13H2,1-3H3,(H2,18,19). The van der Waals surface area contributed by atoms with Crippen molar-refractivity contribution in [2.45, 2.75) is 39.7 Å². The molecule has 1 aliphatic heterocycles. The second kappa shape index (κ2) is 8.53. The summed E-state index contributed by atoms with van der Waals surface area (Å²) in [4.78, 5) is 10.8. The van der Waals surface area contributed by atoms with Gasteiger partial charge in [-0.1, -0.05) is 13.0 Å². The van der Waals surface area contributed by atoms with Crippen LogP contribution in [-0.4, -0.2) is 48.5 Å². The highest BCUT2D eigenvalue weighted by molar-refractivity contribution is 7.10. The molecule has 0 amide bonds. The number of likely N-dealkylation sites (tertiary alicyclic amines) is 1. The minimum atomic E-state index is 0.376. The number of aliphatic imine (C=N–C) groups is 1. The van der Waals surface area contributed by atoms with Crippen LogP contribution < -0.4 is 5.73 Å². The quantitative estimate of drug-likeness (QED) is 0.646. The molecule has 1 atom stereocenters. The summed E-state index contributed by atoms with van der Waals surface area (Å²) in [6, 6.07) is 4.75. The van der Waals surface area contributed by atoms with Crippen LogP contribution in [0.3, 0.4) is 0 Å². The first-order chi connectivity index (χ1) is 10.7. The number of piperidine rings is 1. The molecule has 124 valence electrons. The van der Waals surface area contributed by atoms with Crippen molar-refractivity contribution >= 4 is 17.3 Å². The summed E-state index contributed by atoms with van der Waals surface area (Å²) in [6.07, 6.45) is 2.58. The van der Waals surface area contributed by atoms with Crippen molar-refractivity contribution in [2.24, 2.45) is 16.6 Å². The fourth-order valence-corrected chi connectivity index (χ4v) is 3.89. The highest BCUT2D eigenvalue weighted by Crippen LogP contribution is 2.29. The first kappa shape index (κ1) is 17.3. The normalized spacial score (nSPS) is 19.3. The van der Waals surface area contributed by atoms with Gasteiger partial charge in [0.15, 0.2) is 5.96 Å². The Morgan fingerprint density at radius 3 is 2.64 bits per heavy atom. The van der Waals surface area contributed by atoms with E-state index in [-0.39, 0.29) is 0 Å². The van der Waals surface area contributed by atoms with Crippen LogP contribution in [0.4, 0.5) is 0 Å². The number of guanidine groups is 1. The molecule has 1 aliphatic rings. The third-order valence-electron chi connectivity index (χ3n) is 4.64. The van der Waals surface area contributed by atoms with Gasteiger partial charge in [-0.3, -0.25) is 9.89 Å². The van der Waals surface area contributed by atoms with Crippen molar-refractivity contribution in [3.63, 3.8) is 0 Å². The van der Waals surface area contributed by atoms with E-state index < -0.39 is 0 Å². The summed E-state index contributed by atoms with van der Waals surface area (Å²) < 4.78 is 0. The molecule has 0 radical (unpaired) electrons. The molecular formula is C17H30N4S. The minimum Gasteiger partial charge on any atom is -0.370 e. The lowest BCUT2D eigenvalue weighted by Crippen LogP contribution is -2.40. The Morgan fingerprint density at radius 1 is 1.41 bits per heavy atom. The summed E-state index contributed by atoms with van der Waals surface area (Å²) in [5.41, 5.74) is 6.15. The van der Waals surface area contributed by atoms with Crippen molar-refractivity contribution in [1.82, 2.24) is 9.80 Å². The lowest BCUT2D eigenvalue weighted by molar-refractivity contribution is 0.143. The Kier molecular flexibility index (Phi) is 6.70. The second-order valence-corrected chi connectivity index (χ2v) is 7.10. The third kappa shape index (κ3) is 4.46. The Balaban J connectivity index is 2.07. The predicted molar refractivity (Wildman–Crippen MR) is 96.4 cm³/mol. The summed E-state index contributed by atoms with van der Waals surface area (Å²) in [5.74, 6) is 1.53. The molecule has 0 aromatic carbocycles. The Bertz CT molecular complexity index is 445. The summed E-state index contributed by atoms with van der Waals surface area (Å²) in [7, 11) is 0. The van der Waals surface area contributed by atoms with E-state index in [0.717, 1.165) is 25.6 Å². The number of hydrogen-bond acceptors (Lipinski definition) is 3. The predicted octanol–water partition coefficient (Wildman–Crippen LogP) is 3.18. The largest absolute Gasteiger partial charge is 0.370 e. The van der Waals surface area contributed by atoms with Gasteiger partial charge in [0.25, 0.3) is 0 Å². The molecule has 0 spiro atoms. The van der Waals surface area contributed by atoms with Gasteiger partial charge in [0, 0.05) is 18.0 Å². The molecule has 1 aromatic heterocycles. The van der Waals surface area contributed by atoms with E-state index in [1.165, 1.54) is 30.8 Å². The molecule has 0 saturated carbocycles. The zero-order valence-electron chi connectivity index (χ0n) is 14.2. The first-order valence-corrected chi connectivity index (χ1v) is 9.36. The number of rotatable bonds is 6. The lowest BCUT2D eigenvalue weighted by atomic mass is 9.97. The molecule has 0 aliphatic carbocycles. The van der Waals surface area contributed by atoms with E-state index >= 15 is 0 Å². The number of hydrogen-bond donors (Lipinski definition) is 1. The molecule has 2 rings (SSSR count). The zero-order chi connectivity index (χ0) is 15.9. The van der Waals surface area contributed by atoms with Crippen molar-refractivity contribution in [3.8, 4) is 0 Å². The van der Waals surface area contributed by atoms with Crippen LogP contribution in [0.1, 0.15) is 44.5 Å². The van der Waals surface area contributed by atoms with Crippen molar-refractivity contribution in [1.29, 1.82) is 0 Å². The van der Waals surface area contributed by atoms with Crippen LogP contribution in [0.2, 0.25) is 0 Å². The second-order valence-electron chi connectivity index (χ2n) is 6.12. The van der Waals surface area contributed by atoms with Crippen molar-refractivity contribution < 1.29 is 0 Å². The zero-order valence-corrected chi connectivity index (χ0v) is 15.0. The van der Waals surface area contributed by atoms with Crippen LogP contribution in [-0.2, 0) is 0 Å².